The average Bonchev–Trinajstić information content (AvgIpc) is 2.29. The van der Waals surface area contributed by atoms with Gasteiger partial charge in [0.1, 0.15) is 5.60 Å². The molecule has 0 fully saturated rings. The van der Waals surface area contributed by atoms with Crippen molar-refractivity contribution >= 4 is 11.8 Å². The van der Waals surface area contributed by atoms with E-state index in [2.05, 4.69) is 10.6 Å². The summed E-state index contributed by atoms with van der Waals surface area (Å²) in [5.41, 5.74) is 1.76. The number of aryl methyl sites for hydroxylation is 1. The molecule has 1 rings (SSSR count). The van der Waals surface area contributed by atoms with Crippen LogP contribution in [0.15, 0.2) is 18.2 Å². The second-order valence-corrected chi connectivity index (χ2v) is 5.77. The molecular weight excluding hydrogens is 256 g/mol. The van der Waals surface area contributed by atoms with Crippen molar-refractivity contribution < 1.29 is 14.6 Å². The summed E-state index contributed by atoms with van der Waals surface area (Å²) in [5.74, 6) is 0. The molecule has 1 aromatic rings. The van der Waals surface area contributed by atoms with Crippen LogP contribution < -0.4 is 10.6 Å². The Hall–Kier alpha value is -1.59. The third-order valence-corrected chi connectivity index (χ3v) is 2.68. The lowest BCUT2D eigenvalue weighted by Crippen LogP contribution is -2.27. The van der Waals surface area contributed by atoms with Crippen LogP contribution in [-0.4, -0.2) is 30.4 Å². The van der Waals surface area contributed by atoms with Gasteiger partial charge in [-0.2, -0.15) is 0 Å². The molecule has 3 N–H and O–H groups in total. The molecule has 0 heterocycles. The molecule has 0 saturated heterocycles. The largest absolute Gasteiger partial charge is 0.444 e. The SMILES string of the molecule is CNCC(O)c1ccc(C)c(NC(=O)OC(C)(C)C)c1. The molecule has 1 aromatic carbocycles. The maximum atomic E-state index is 11.8. The zero-order valence-electron chi connectivity index (χ0n) is 12.8. The molecule has 0 aliphatic carbocycles. The number of carbonyl (C=O) groups is 1. The summed E-state index contributed by atoms with van der Waals surface area (Å²) in [4.78, 5) is 11.8. The Morgan fingerprint density at radius 3 is 2.60 bits per heavy atom. The number of benzene rings is 1. The van der Waals surface area contributed by atoms with E-state index in [1.807, 2.05) is 39.8 Å². The summed E-state index contributed by atoms with van der Waals surface area (Å²) in [6.45, 7) is 7.78. The van der Waals surface area contributed by atoms with Crippen LogP contribution in [0.25, 0.3) is 0 Å². The van der Waals surface area contributed by atoms with Gasteiger partial charge in [0.2, 0.25) is 0 Å². The van der Waals surface area contributed by atoms with Gasteiger partial charge in [-0.1, -0.05) is 12.1 Å². The van der Waals surface area contributed by atoms with Crippen molar-refractivity contribution in [2.45, 2.75) is 39.4 Å². The number of hydrogen-bond donors (Lipinski definition) is 3. The molecule has 1 unspecified atom stereocenters. The highest BCUT2D eigenvalue weighted by Crippen LogP contribution is 2.22. The van der Waals surface area contributed by atoms with E-state index in [9.17, 15) is 9.90 Å². The molecule has 20 heavy (non-hydrogen) atoms. The van der Waals surface area contributed by atoms with Gasteiger partial charge in [-0.05, 0) is 51.9 Å². The normalized spacial score (nSPS) is 12.9. The predicted octanol–water partition coefficient (Wildman–Crippen LogP) is 2.59. The molecular formula is C15H24N2O3. The zero-order valence-corrected chi connectivity index (χ0v) is 12.8. The van der Waals surface area contributed by atoms with Crippen LogP contribution in [-0.2, 0) is 4.74 Å². The van der Waals surface area contributed by atoms with E-state index < -0.39 is 17.8 Å². The van der Waals surface area contributed by atoms with Gasteiger partial charge in [0.15, 0.2) is 0 Å². The minimum Gasteiger partial charge on any atom is -0.444 e. The number of likely N-dealkylation sites (N-methyl/N-ethyl adjacent to an activating group) is 1. The van der Waals surface area contributed by atoms with Crippen LogP contribution in [0.3, 0.4) is 0 Å². The highest BCUT2D eigenvalue weighted by atomic mass is 16.6. The number of nitrogens with one attached hydrogen (secondary N) is 2. The Kier molecular flexibility index (Phi) is 5.53. The molecule has 5 heteroatoms. The van der Waals surface area contributed by atoms with Gasteiger partial charge in [-0.25, -0.2) is 4.79 Å². The van der Waals surface area contributed by atoms with E-state index in [1.54, 1.807) is 13.1 Å². The van der Waals surface area contributed by atoms with Crippen LogP contribution in [0.2, 0.25) is 0 Å². The average molecular weight is 280 g/mol. The number of hydrogen-bond acceptors (Lipinski definition) is 4. The topological polar surface area (TPSA) is 70.6 Å². The van der Waals surface area contributed by atoms with E-state index >= 15 is 0 Å². The van der Waals surface area contributed by atoms with Gasteiger partial charge in [0, 0.05) is 12.2 Å². The van der Waals surface area contributed by atoms with Gasteiger partial charge in [0.05, 0.1) is 6.10 Å². The Bertz CT molecular complexity index is 467. The van der Waals surface area contributed by atoms with Crippen molar-refractivity contribution in [2.24, 2.45) is 0 Å². The summed E-state index contributed by atoms with van der Waals surface area (Å²) in [6, 6.07) is 5.47. The number of aliphatic hydroxyl groups excluding tert-OH is 1. The highest BCUT2D eigenvalue weighted by molar-refractivity contribution is 5.86. The second kappa shape index (κ2) is 6.72. The van der Waals surface area contributed by atoms with Crippen LogP contribution in [0, 0.1) is 6.92 Å². The third kappa shape index (κ3) is 5.19. The van der Waals surface area contributed by atoms with Crippen LogP contribution >= 0.6 is 0 Å². The number of aliphatic hydroxyl groups is 1. The summed E-state index contributed by atoms with van der Waals surface area (Å²) >= 11 is 0. The molecule has 0 radical (unpaired) electrons. The van der Waals surface area contributed by atoms with E-state index in [0.29, 0.717) is 12.2 Å². The van der Waals surface area contributed by atoms with E-state index in [0.717, 1.165) is 11.1 Å². The molecule has 0 bridgehead atoms. The maximum Gasteiger partial charge on any atom is 0.412 e. The van der Waals surface area contributed by atoms with Gasteiger partial charge in [-0.15, -0.1) is 0 Å². The molecule has 1 atom stereocenters. The first-order chi connectivity index (χ1) is 9.23. The van der Waals surface area contributed by atoms with E-state index in [-0.39, 0.29) is 0 Å². The minimum absolute atomic E-state index is 0.453. The highest BCUT2D eigenvalue weighted by Gasteiger charge is 2.17. The van der Waals surface area contributed by atoms with Gasteiger partial charge in [0.25, 0.3) is 0 Å². The first-order valence-corrected chi connectivity index (χ1v) is 6.66. The molecule has 0 aliphatic heterocycles. The molecule has 0 spiro atoms. The molecule has 0 saturated carbocycles. The quantitative estimate of drug-likeness (QED) is 0.793. The number of rotatable bonds is 4. The van der Waals surface area contributed by atoms with Crippen molar-refractivity contribution in [2.75, 3.05) is 18.9 Å². The monoisotopic (exact) mass is 280 g/mol. The molecule has 112 valence electrons. The number of carbonyl (C=O) groups excluding carboxylic acids is 1. The fourth-order valence-electron chi connectivity index (χ4n) is 1.71. The first-order valence-electron chi connectivity index (χ1n) is 6.66. The third-order valence-electron chi connectivity index (χ3n) is 2.68. The summed E-state index contributed by atoms with van der Waals surface area (Å²) in [5, 5.41) is 15.6. The van der Waals surface area contributed by atoms with Crippen LogP contribution in [0.5, 0.6) is 0 Å². The maximum absolute atomic E-state index is 11.8. The minimum atomic E-state index is -0.611. The molecule has 1 amide bonds. The van der Waals surface area contributed by atoms with Crippen molar-refractivity contribution in [1.29, 1.82) is 0 Å². The number of amides is 1. The first kappa shape index (κ1) is 16.5. The van der Waals surface area contributed by atoms with Gasteiger partial charge < -0.3 is 15.2 Å². The second-order valence-electron chi connectivity index (χ2n) is 5.77. The fourth-order valence-corrected chi connectivity index (χ4v) is 1.71. The van der Waals surface area contributed by atoms with Crippen LogP contribution in [0.4, 0.5) is 10.5 Å². The molecule has 0 aromatic heterocycles. The number of anilines is 1. The lowest BCUT2D eigenvalue weighted by Gasteiger charge is -2.20. The fraction of sp³-hybridized carbons (Fsp3) is 0.533. The van der Waals surface area contributed by atoms with E-state index in [1.165, 1.54) is 0 Å². The summed E-state index contributed by atoms with van der Waals surface area (Å²) < 4.78 is 5.22. The molecule has 0 aliphatic rings. The van der Waals surface area contributed by atoms with Crippen LogP contribution in [0.1, 0.15) is 38.0 Å². The van der Waals surface area contributed by atoms with Crippen molar-refractivity contribution in [3.63, 3.8) is 0 Å². The zero-order chi connectivity index (χ0) is 15.3. The Labute approximate surface area is 120 Å². The summed E-state index contributed by atoms with van der Waals surface area (Å²) in [7, 11) is 1.78. The van der Waals surface area contributed by atoms with E-state index in [4.69, 9.17) is 4.74 Å². The van der Waals surface area contributed by atoms with Gasteiger partial charge >= 0.3 is 6.09 Å². The lowest BCUT2D eigenvalue weighted by molar-refractivity contribution is 0.0635. The van der Waals surface area contributed by atoms with Crippen molar-refractivity contribution in [3.8, 4) is 0 Å². The number of ether oxygens (including phenoxy) is 1. The standard InChI is InChI=1S/C15H24N2O3/c1-10-6-7-11(13(18)9-16-5)8-12(10)17-14(19)20-15(2,3)4/h6-8,13,16,18H,9H2,1-5H3,(H,17,19). The predicted molar refractivity (Wildman–Crippen MR) is 79.9 cm³/mol. The summed E-state index contributed by atoms with van der Waals surface area (Å²) in [6.07, 6.45) is -1.11. The van der Waals surface area contributed by atoms with Gasteiger partial charge in [-0.3, -0.25) is 5.32 Å². The lowest BCUT2D eigenvalue weighted by atomic mass is 10.1. The molecule has 5 nitrogen and oxygen atoms in total. The smallest absolute Gasteiger partial charge is 0.412 e. The van der Waals surface area contributed by atoms with Crippen molar-refractivity contribution in [1.82, 2.24) is 5.32 Å². The Morgan fingerprint density at radius 1 is 1.40 bits per heavy atom. The Balaban J connectivity index is 2.84. The Morgan fingerprint density at radius 2 is 2.05 bits per heavy atom. The van der Waals surface area contributed by atoms with Crippen molar-refractivity contribution in [3.05, 3.63) is 29.3 Å².